The monoisotopic (exact) mass is 679 g/mol. The summed E-state index contributed by atoms with van der Waals surface area (Å²) in [7, 11) is -3.57. The van der Waals surface area contributed by atoms with Gasteiger partial charge in [-0.15, -0.1) is 6.58 Å². The number of amides is 5. The number of sulfone groups is 1. The van der Waals surface area contributed by atoms with Crippen LogP contribution in [0.25, 0.3) is 0 Å². The van der Waals surface area contributed by atoms with Crippen molar-refractivity contribution in [3.63, 3.8) is 0 Å². The number of fused-ring (bicyclic) bond motifs is 1. The van der Waals surface area contributed by atoms with E-state index in [0.717, 1.165) is 19.3 Å². The molecular formula is C33H53N5O8S. The fraction of sp³-hybridized carbons (Fsp3) is 0.788. The second-order valence-electron chi connectivity index (χ2n) is 15.3. The van der Waals surface area contributed by atoms with Crippen molar-refractivity contribution in [3.8, 4) is 0 Å². The Labute approximate surface area is 278 Å². The number of rotatable bonds is 12. The van der Waals surface area contributed by atoms with E-state index in [-0.39, 0.29) is 42.6 Å². The van der Waals surface area contributed by atoms with Crippen LogP contribution in [0.15, 0.2) is 12.7 Å². The average Bonchev–Trinajstić information content (AvgIpc) is 3.30. The van der Waals surface area contributed by atoms with Crippen LogP contribution in [0.1, 0.15) is 86.5 Å². The van der Waals surface area contributed by atoms with Gasteiger partial charge in [-0.1, -0.05) is 73.3 Å². The maximum absolute atomic E-state index is 14.4. The van der Waals surface area contributed by atoms with Gasteiger partial charge in [0.05, 0.1) is 23.9 Å². The third-order valence-electron chi connectivity index (χ3n) is 10.5. The standard InChI is InChI=1S/C33H53N5O8S/c1-8-13-21(24(39)27(41)34-16-9-2)35-26(40)23-22-20(32(22,6)7)19-38(23)28(42)25(31(3,4)5)36-30(43)37-33(14-11-10-12-15-33)29-46-17-18-47(29,44)45/h9,20-23,25,29H,2,8,10-19H2,1,3-7H3,(H,34,41)(H,35,40)(H2,36,37,43)/t20-,21-,22-,23-,25+,29?/m0/s1. The van der Waals surface area contributed by atoms with E-state index in [1.165, 1.54) is 11.0 Å². The number of ketones is 1. The number of nitrogens with one attached hydrogen (secondary N) is 4. The van der Waals surface area contributed by atoms with Gasteiger partial charge < -0.3 is 30.9 Å². The molecule has 0 spiro atoms. The van der Waals surface area contributed by atoms with Gasteiger partial charge in [-0.2, -0.15) is 0 Å². The van der Waals surface area contributed by atoms with Crippen LogP contribution >= 0.6 is 0 Å². The summed E-state index contributed by atoms with van der Waals surface area (Å²) >= 11 is 0. The van der Waals surface area contributed by atoms with Crippen molar-refractivity contribution in [1.29, 1.82) is 0 Å². The molecule has 2 aliphatic carbocycles. The first-order valence-electron chi connectivity index (χ1n) is 16.9. The Morgan fingerprint density at radius 1 is 1.06 bits per heavy atom. The highest BCUT2D eigenvalue weighted by Gasteiger charge is 2.70. The second-order valence-corrected chi connectivity index (χ2v) is 17.4. The molecule has 2 saturated heterocycles. The average molecular weight is 680 g/mol. The van der Waals surface area contributed by atoms with Crippen molar-refractivity contribution in [3.05, 3.63) is 12.7 Å². The number of nitrogens with zero attached hydrogens (tertiary/aromatic N) is 1. The summed E-state index contributed by atoms with van der Waals surface area (Å²) in [6.45, 7) is 15.4. The first kappa shape index (κ1) is 36.8. The van der Waals surface area contributed by atoms with Gasteiger partial charge in [0.2, 0.25) is 17.6 Å². The third kappa shape index (κ3) is 7.53. The molecule has 2 saturated carbocycles. The molecule has 4 N–H and O–H groups in total. The lowest BCUT2D eigenvalue weighted by molar-refractivity contribution is -0.145. The molecule has 13 nitrogen and oxygen atoms in total. The number of carbonyl (C=O) groups excluding carboxylic acids is 5. The summed E-state index contributed by atoms with van der Waals surface area (Å²) in [5.41, 5.74) is -3.25. The van der Waals surface area contributed by atoms with Crippen LogP contribution < -0.4 is 21.3 Å². The Balaban J connectivity index is 1.55. The molecular weight excluding hydrogens is 626 g/mol. The molecule has 2 heterocycles. The topological polar surface area (TPSA) is 180 Å². The van der Waals surface area contributed by atoms with Crippen LogP contribution in [-0.4, -0.2) is 97.4 Å². The smallest absolute Gasteiger partial charge is 0.316 e. The van der Waals surface area contributed by atoms with E-state index in [9.17, 15) is 32.4 Å². The van der Waals surface area contributed by atoms with Gasteiger partial charge in [-0.3, -0.25) is 19.2 Å². The molecule has 5 amide bonds. The van der Waals surface area contributed by atoms with Crippen molar-refractivity contribution in [2.75, 3.05) is 25.4 Å². The first-order chi connectivity index (χ1) is 21.9. The van der Waals surface area contributed by atoms with Crippen LogP contribution in [0, 0.1) is 22.7 Å². The highest BCUT2D eigenvalue weighted by Crippen LogP contribution is 2.65. The molecule has 14 heteroatoms. The fourth-order valence-corrected chi connectivity index (χ4v) is 9.66. The Bertz CT molecular complexity index is 1370. The van der Waals surface area contributed by atoms with Crippen LogP contribution in [0.2, 0.25) is 0 Å². The Hall–Kier alpha value is -3.00. The minimum Gasteiger partial charge on any atom is -0.359 e. The molecule has 2 aliphatic heterocycles. The molecule has 0 radical (unpaired) electrons. The van der Waals surface area contributed by atoms with Gasteiger partial charge in [0.1, 0.15) is 12.1 Å². The maximum Gasteiger partial charge on any atom is 0.316 e. The number of hydrogen-bond acceptors (Lipinski definition) is 8. The molecule has 1 unspecified atom stereocenters. The molecule has 0 aromatic heterocycles. The zero-order valence-corrected chi connectivity index (χ0v) is 29.5. The van der Waals surface area contributed by atoms with E-state index >= 15 is 0 Å². The number of Topliss-reactive ketones (excluding diaryl/α,β-unsaturated/α-hetero) is 1. The summed E-state index contributed by atoms with van der Waals surface area (Å²) < 4.78 is 31.5. The molecule has 6 atom stereocenters. The zero-order chi connectivity index (χ0) is 34.9. The highest BCUT2D eigenvalue weighted by molar-refractivity contribution is 7.92. The molecule has 0 bridgehead atoms. The quantitative estimate of drug-likeness (QED) is 0.178. The van der Waals surface area contributed by atoms with Gasteiger partial charge in [-0.05, 0) is 41.9 Å². The van der Waals surface area contributed by atoms with Gasteiger partial charge in [-0.25, -0.2) is 13.2 Å². The summed E-state index contributed by atoms with van der Waals surface area (Å²) in [5, 5.41) is 11.0. The second kappa shape index (κ2) is 13.9. The predicted octanol–water partition coefficient (Wildman–Crippen LogP) is 1.81. The minimum atomic E-state index is -3.57. The maximum atomic E-state index is 14.4. The number of urea groups is 1. The lowest BCUT2D eigenvalue weighted by Gasteiger charge is -2.42. The molecule has 4 rings (SSSR count). The van der Waals surface area contributed by atoms with Gasteiger partial charge >= 0.3 is 6.03 Å². The molecule has 47 heavy (non-hydrogen) atoms. The molecule has 264 valence electrons. The molecule has 4 fully saturated rings. The Morgan fingerprint density at radius 2 is 1.72 bits per heavy atom. The Kier molecular flexibility index (Phi) is 10.9. The van der Waals surface area contributed by atoms with Gasteiger partial charge in [0, 0.05) is 13.1 Å². The number of piperidine rings is 1. The third-order valence-corrected chi connectivity index (χ3v) is 12.5. The number of hydrogen-bond donors (Lipinski definition) is 4. The van der Waals surface area contributed by atoms with Crippen LogP contribution in [0.4, 0.5) is 4.79 Å². The van der Waals surface area contributed by atoms with E-state index in [1.54, 1.807) is 0 Å². The van der Waals surface area contributed by atoms with Gasteiger partial charge in [0.25, 0.3) is 5.91 Å². The van der Waals surface area contributed by atoms with E-state index in [2.05, 4.69) is 27.8 Å². The SMILES string of the molecule is C=CCNC(=O)C(=O)[C@H](CCC)NC(=O)[C@@H]1[C@@H]2[C@H](CN1C(=O)[C@@H](NC(=O)NC1(C3OCCS3(=O)=O)CCCCC1)C(C)(C)C)C2(C)C. The molecule has 4 aliphatic rings. The number of ether oxygens (including phenoxy) is 1. The highest BCUT2D eigenvalue weighted by atomic mass is 32.2. The van der Waals surface area contributed by atoms with Crippen molar-refractivity contribution in [1.82, 2.24) is 26.2 Å². The van der Waals surface area contributed by atoms with Crippen molar-refractivity contribution < 1.29 is 37.1 Å². The Morgan fingerprint density at radius 3 is 2.28 bits per heavy atom. The molecule has 0 aromatic rings. The largest absolute Gasteiger partial charge is 0.359 e. The van der Waals surface area contributed by atoms with Crippen LogP contribution in [0.5, 0.6) is 0 Å². The van der Waals surface area contributed by atoms with Crippen molar-refractivity contribution in [2.24, 2.45) is 22.7 Å². The fourth-order valence-electron chi connectivity index (χ4n) is 7.83. The van der Waals surface area contributed by atoms with Crippen molar-refractivity contribution in [2.45, 2.75) is 116 Å². The van der Waals surface area contributed by atoms with Crippen LogP contribution in [-0.2, 0) is 33.8 Å². The first-order valence-corrected chi connectivity index (χ1v) is 18.6. The summed E-state index contributed by atoms with van der Waals surface area (Å²) in [6, 6.07) is -3.69. The zero-order valence-electron chi connectivity index (χ0n) is 28.6. The summed E-state index contributed by atoms with van der Waals surface area (Å²) in [6.07, 6.45) is 5.51. The lowest BCUT2D eigenvalue weighted by atomic mass is 9.82. The van der Waals surface area contributed by atoms with Gasteiger partial charge in [0.15, 0.2) is 15.3 Å². The predicted molar refractivity (Wildman–Crippen MR) is 176 cm³/mol. The van der Waals surface area contributed by atoms with Crippen molar-refractivity contribution >= 4 is 39.4 Å². The van der Waals surface area contributed by atoms with E-state index in [1.807, 2.05) is 41.5 Å². The number of likely N-dealkylation sites (tertiary alicyclic amines) is 1. The van der Waals surface area contributed by atoms with Crippen LogP contribution in [0.3, 0.4) is 0 Å². The van der Waals surface area contributed by atoms with E-state index in [4.69, 9.17) is 4.74 Å². The van der Waals surface area contributed by atoms with E-state index in [0.29, 0.717) is 25.8 Å². The summed E-state index contributed by atoms with van der Waals surface area (Å²) in [4.78, 5) is 68.9. The lowest BCUT2D eigenvalue weighted by Crippen LogP contribution is -2.65. The summed E-state index contributed by atoms with van der Waals surface area (Å²) in [5.74, 6) is -2.76. The normalized spacial score (nSPS) is 28.3. The minimum absolute atomic E-state index is 0.0445. The number of carbonyl (C=O) groups is 5. The van der Waals surface area contributed by atoms with E-state index < -0.39 is 73.9 Å². The molecule has 0 aromatic carbocycles.